The maximum atomic E-state index is 12.8. The Bertz CT molecular complexity index is 800. The maximum absolute atomic E-state index is 12.8. The molecule has 1 N–H and O–H groups in total. The Kier molecular flexibility index (Phi) is 4.56. The minimum absolute atomic E-state index is 0.00585. The molecule has 2 aromatic carbocycles. The second kappa shape index (κ2) is 6.11. The van der Waals surface area contributed by atoms with Gasteiger partial charge >= 0.3 is 6.18 Å². The first-order valence-corrected chi connectivity index (χ1v) is 7.96. The van der Waals surface area contributed by atoms with Gasteiger partial charge < -0.3 is 4.74 Å². The molecule has 0 fully saturated rings. The van der Waals surface area contributed by atoms with E-state index >= 15 is 0 Å². The number of halogens is 3. The lowest BCUT2D eigenvalue weighted by atomic mass is 10.2. The lowest BCUT2D eigenvalue weighted by Crippen LogP contribution is -2.15. The Morgan fingerprint density at radius 3 is 2.17 bits per heavy atom. The molecule has 0 aliphatic rings. The molecular formula is C15H14F3NO3S. The average molecular weight is 345 g/mol. The first-order valence-electron chi connectivity index (χ1n) is 6.48. The number of aryl methyl sites for hydroxylation is 1. The van der Waals surface area contributed by atoms with E-state index in [9.17, 15) is 21.6 Å². The van der Waals surface area contributed by atoms with Crippen molar-refractivity contribution >= 4 is 15.7 Å². The molecule has 124 valence electrons. The zero-order chi connectivity index (χ0) is 17.3. The summed E-state index contributed by atoms with van der Waals surface area (Å²) in [6.45, 7) is 1.79. The second-order valence-electron chi connectivity index (χ2n) is 4.83. The number of rotatable bonds is 4. The lowest BCUT2D eigenvalue weighted by molar-refractivity contribution is -0.137. The highest BCUT2D eigenvalue weighted by molar-refractivity contribution is 7.92. The first-order chi connectivity index (χ1) is 10.6. The summed E-state index contributed by atoms with van der Waals surface area (Å²) in [7, 11) is -2.78. The van der Waals surface area contributed by atoms with Gasteiger partial charge in [0.05, 0.1) is 23.3 Å². The molecule has 0 amide bonds. The van der Waals surface area contributed by atoms with E-state index in [1.165, 1.54) is 19.2 Å². The van der Waals surface area contributed by atoms with Crippen LogP contribution in [-0.2, 0) is 16.2 Å². The van der Waals surface area contributed by atoms with E-state index in [2.05, 4.69) is 4.72 Å². The fourth-order valence-electron chi connectivity index (χ4n) is 1.89. The van der Waals surface area contributed by atoms with E-state index in [1.54, 1.807) is 19.1 Å². The van der Waals surface area contributed by atoms with Gasteiger partial charge in [0.25, 0.3) is 10.0 Å². The van der Waals surface area contributed by atoms with Crippen molar-refractivity contribution in [3.63, 3.8) is 0 Å². The molecule has 0 spiro atoms. The Morgan fingerprint density at radius 2 is 1.65 bits per heavy atom. The van der Waals surface area contributed by atoms with Crippen molar-refractivity contribution in [2.75, 3.05) is 11.8 Å². The van der Waals surface area contributed by atoms with E-state index < -0.39 is 21.8 Å². The van der Waals surface area contributed by atoms with Crippen LogP contribution >= 0.6 is 0 Å². The molecule has 0 unspecified atom stereocenters. The molecule has 0 bridgehead atoms. The van der Waals surface area contributed by atoms with Crippen molar-refractivity contribution in [3.8, 4) is 5.75 Å². The summed E-state index contributed by atoms with van der Waals surface area (Å²) >= 11 is 0. The van der Waals surface area contributed by atoms with Crippen molar-refractivity contribution in [1.82, 2.24) is 0 Å². The highest BCUT2D eigenvalue weighted by Crippen LogP contribution is 2.35. The fourth-order valence-corrected chi connectivity index (χ4v) is 2.95. The van der Waals surface area contributed by atoms with Gasteiger partial charge in [0, 0.05) is 0 Å². The summed E-state index contributed by atoms with van der Waals surface area (Å²) in [5.74, 6) is -0.00585. The van der Waals surface area contributed by atoms with Gasteiger partial charge in [0.15, 0.2) is 0 Å². The molecule has 2 aromatic rings. The van der Waals surface area contributed by atoms with Gasteiger partial charge in [-0.3, -0.25) is 4.72 Å². The van der Waals surface area contributed by atoms with E-state index in [4.69, 9.17) is 4.74 Å². The van der Waals surface area contributed by atoms with Crippen LogP contribution in [0.5, 0.6) is 5.75 Å². The van der Waals surface area contributed by atoms with Crippen LogP contribution in [0.3, 0.4) is 0 Å². The van der Waals surface area contributed by atoms with Crippen LogP contribution in [0.1, 0.15) is 11.1 Å². The largest absolute Gasteiger partial charge is 0.495 e. The minimum atomic E-state index is -4.59. The molecule has 0 saturated heterocycles. The van der Waals surface area contributed by atoms with Crippen molar-refractivity contribution in [2.24, 2.45) is 0 Å². The molecule has 8 heteroatoms. The Hall–Kier alpha value is -2.22. The van der Waals surface area contributed by atoms with Crippen LogP contribution in [-0.4, -0.2) is 15.5 Å². The molecule has 0 radical (unpaired) electrons. The van der Waals surface area contributed by atoms with Gasteiger partial charge in [0.1, 0.15) is 5.75 Å². The fraction of sp³-hybridized carbons (Fsp3) is 0.200. The van der Waals surface area contributed by atoms with Crippen molar-refractivity contribution < 1.29 is 26.3 Å². The van der Waals surface area contributed by atoms with Crippen molar-refractivity contribution in [2.45, 2.75) is 18.0 Å². The van der Waals surface area contributed by atoms with Crippen molar-refractivity contribution in [1.29, 1.82) is 0 Å². The van der Waals surface area contributed by atoms with E-state index in [0.29, 0.717) is 6.07 Å². The van der Waals surface area contributed by atoms with Crippen LogP contribution in [0.4, 0.5) is 18.9 Å². The number of methoxy groups -OCH3 is 1. The summed E-state index contributed by atoms with van der Waals surface area (Å²) in [5.41, 5.74) is -0.386. The SMILES string of the molecule is COc1ccc(C(F)(F)F)cc1NS(=O)(=O)c1ccc(C)cc1. The van der Waals surface area contributed by atoms with Crippen molar-refractivity contribution in [3.05, 3.63) is 53.6 Å². The number of alkyl halides is 3. The highest BCUT2D eigenvalue weighted by Gasteiger charge is 2.31. The Labute approximate surface area is 132 Å². The molecule has 0 aromatic heterocycles. The lowest BCUT2D eigenvalue weighted by Gasteiger charge is -2.14. The Morgan fingerprint density at radius 1 is 1.04 bits per heavy atom. The molecule has 0 aliphatic carbocycles. The predicted molar refractivity (Wildman–Crippen MR) is 80.0 cm³/mol. The standard InChI is InChI=1S/C15H14F3NO3S/c1-10-3-6-12(7-4-10)23(20,21)19-13-9-11(15(16,17)18)5-8-14(13)22-2/h3-9,19H,1-2H3. The number of hydrogen-bond acceptors (Lipinski definition) is 3. The van der Waals surface area contributed by atoms with Gasteiger partial charge in [-0.2, -0.15) is 13.2 Å². The van der Waals surface area contributed by atoms with Gasteiger partial charge in [-0.15, -0.1) is 0 Å². The monoisotopic (exact) mass is 345 g/mol. The van der Waals surface area contributed by atoms with Crippen LogP contribution in [0.25, 0.3) is 0 Å². The summed E-state index contributed by atoms with van der Waals surface area (Å²) in [6, 6.07) is 8.52. The van der Waals surface area contributed by atoms with Crippen LogP contribution in [0, 0.1) is 6.92 Å². The molecule has 2 rings (SSSR count). The van der Waals surface area contributed by atoms with E-state index in [1.807, 2.05) is 0 Å². The normalized spacial score (nSPS) is 12.0. The smallest absolute Gasteiger partial charge is 0.416 e. The zero-order valence-corrected chi connectivity index (χ0v) is 13.1. The number of benzene rings is 2. The molecule has 0 atom stereocenters. The third-order valence-corrected chi connectivity index (χ3v) is 4.48. The molecular weight excluding hydrogens is 331 g/mol. The van der Waals surface area contributed by atoms with Gasteiger partial charge in [-0.05, 0) is 37.3 Å². The molecule has 0 saturated carbocycles. The number of anilines is 1. The number of nitrogens with one attached hydrogen (secondary N) is 1. The topological polar surface area (TPSA) is 55.4 Å². The second-order valence-corrected chi connectivity index (χ2v) is 6.51. The van der Waals surface area contributed by atoms with E-state index in [-0.39, 0.29) is 16.3 Å². The number of hydrogen-bond donors (Lipinski definition) is 1. The van der Waals surface area contributed by atoms with Crippen LogP contribution < -0.4 is 9.46 Å². The number of ether oxygens (including phenoxy) is 1. The quantitative estimate of drug-likeness (QED) is 0.916. The summed E-state index contributed by atoms with van der Waals surface area (Å²) in [5, 5.41) is 0. The molecule has 0 aliphatic heterocycles. The maximum Gasteiger partial charge on any atom is 0.416 e. The molecule has 0 heterocycles. The summed E-state index contributed by atoms with van der Waals surface area (Å²) in [6.07, 6.45) is -4.59. The van der Waals surface area contributed by atoms with Gasteiger partial charge in [-0.1, -0.05) is 17.7 Å². The third kappa shape index (κ3) is 3.95. The van der Waals surface area contributed by atoms with Gasteiger partial charge in [0.2, 0.25) is 0 Å². The average Bonchev–Trinajstić information content (AvgIpc) is 2.46. The zero-order valence-electron chi connectivity index (χ0n) is 12.3. The van der Waals surface area contributed by atoms with E-state index in [0.717, 1.165) is 17.7 Å². The minimum Gasteiger partial charge on any atom is -0.495 e. The molecule has 4 nitrogen and oxygen atoms in total. The van der Waals surface area contributed by atoms with Gasteiger partial charge in [-0.25, -0.2) is 8.42 Å². The predicted octanol–water partition coefficient (Wildman–Crippen LogP) is 3.82. The summed E-state index contributed by atoms with van der Waals surface area (Å²) < 4.78 is 70.0. The van der Waals surface area contributed by atoms with Crippen LogP contribution in [0.15, 0.2) is 47.4 Å². The highest BCUT2D eigenvalue weighted by atomic mass is 32.2. The Balaban J connectivity index is 2.43. The molecule has 23 heavy (non-hydrogen) atoms. The summed E-state index contributed by atoms with van der Waals surface area (Å²) in [4.78, 5) is -0.0532. The number of sulfonamides is 1. The first kappa shape index (κ1) is 17.1. The third-order valence-electron chi connectivity index (χ3n) is 3.10. The van der Waals surface area contributed by atoms with Crippen LogP contribution in [0.2, 0.25) is 0 Å².